The van der Waals surface area contributed by atoms with Gasteiger partial charge in [0, 0.05) is 29.0 Å². The lowest BCUT2D eigenvalue weighted by Crippen LogP contribution is -2.33. The second kappa shape index (κ2) is 14.6. The number of methoxy groups -OCH3 is 1. The van der Waals surface area contributed by atoms with Gasteiger partial charge in [0.2, 0.25) is 0 Å². The van der Waals surface area contributed by atoms with Gasteiger partial charge in [0.15, 0.2) is 0 Å². The highest BCUT2D eigenvalue weighted by Crippen LogP contribution is 2.33. The zero-order valence-electron chi connectivity index (χ0n) is 24.8. The molecule has 2 N–H and O–H groups in total. The summed E-state index contributed by atoms with van der Waals surface area (Å²) in [5, 5.41) is 6.02. The molecule has 1 heterocycles. The van der Waals surface area contributed by atoms with E-state index in [1.54, 1.807) is 48.5 Å². The zero-order chi connectivity index (χ0) is 33.6. The molecule has 5 rings (SSSR count). The van der Waals surface area contributed by atoms with Crippen LogP contribution in [0.4, 0.5) is 23.7 Å². The minimum atomic E-state index is -4.42. The quantitative estimate of drug-likeness (QED) is 0.152. The number of nitrogens with zero attached hydrogens (tertiary/aromatic N) is 2. The summed E-state index contributed by atoms with van der Waals surface area (Å²) >= 11 is 12.6. The summed E-state index contributed by atoms with van der Waals surface area (Å²) in [5.41, 5.74) is 4.03. The van der Waals surface area contributed by atoms with Gasteiger partial charge in [-0.2, -0.15) is 13.2 Å². The molecule has 240 valence electrons. The highest BCUT2D eigenvalue weighted by Gasteiger charge is 2.30. The van der Waals surface area contributed by atoms with Crippen molar-refractivity contribution >= 4 is 53.0 Å². The average Bonchev–Trinajstić information content (AvgIpc) is 3.45. The summed E-state index contributed by atoms with van der Waals surface area (Å²) < 4.78 is 46.0. The summed E-state index contributed by atoms with van der Waals surface area (Å²) in [7, 11) is 1.24. The van der Waals surface area contributed by atoms with Crippen LogP contribution in [0.2, 0.25) is 10.0 Å². The third-order valence-electron chi connectivity index (χ3n) is 7.06. The van der Waals surface area contributed by atoms with Crippen LogP contribution in [0.25, 0.3) is 34.5 Å². The second-order valence-corrected chi connectivity index (χ2v) is 11.2. The van der Waals surface area contributed by atoms with Gasteiger partial charge in [-0.15, -0.1) is 0 Å². The van der Waals surface area contributed by atoms with Crippen LogP contribution in [0, 0.1) is 0 Å². The molecular weight excluding hydrogens is 652 g/mol. The van der Waals surface area contributed by atoms with Crippen molar-refractivity contribution in [2.45, 2.75) is 12.7 Å². The van der Waals surface area contributed by atoms with E-state index in [0.717, 1.165) is 23.3 Å². The molecule has 0 bridgehead atoms. The molecule has 5 aromatic rings. The number of carbonyl (C=O) groups is 2. The first-order valence-electron chi connectivity index (χ1n) is 14.2. The van der Waals surface area contributed by atoms with Gasteiger partial charge in [-0.05, 0) is 70.8 Å². The fraction of sp³-hybridized carbons (Fsp3) is 0.114. The molecule has 12 heteroatoms. The Morgan fingerprint density at radius 1 is 0.915 bits per heavy atom. The molecule has 0 saturated carbocycles. The molecule has 0 unspecified atom stereocenters. The lowest BCUT2D eigenvalue weighted by Gasteiger charge is -2.09. The van der Waals surface area contributed by atoms with Crippen molar-refractivity contribution in [2.24, 2.45) is 0 Å². The van der Waals surface area contributed by atoms with E-state index in [2.05, 4.69) is 15.4 Å². The SMILES string of the molecule is COC(=O)CNC(=O)Nc1ccc(Cn2cc(-c3ccc(Cl)cc3Cl)nc2/C=C/c2ccc(-c3cccc(C(F)(F)F)c3)cc2)cc1. The first kappa shape index (κ1) is 33.3. The monoisotopic (exact) mass is 678 g/mol. The van der Waals surface area contributed by atoms with E-state index in [4.69, 9.17) is 28.2 Å². The van der Waals surface area contributed by atoms with Crippen LogP contribution in [0.3, 0.4) is 0 Å². The molecule has 0 spiro atoms. The average molecular weight is 680 g/mol. The molecule has 0 aliphatic rings. The van der Waals surface area contributed by atoms with Gasteiger partial charge in [0.05, 0.1) is 23.4 Å². The molecule has 4 aromatic carbocycles. The molecule has 0 aliphatic heterocycles. The first-order chi connectivity index (χ1) is 22.5. The summed E-state index contributed by atoms with van der Waals surface area (Å²) in [6.45, 7) is 0.179. The van der Waals surface area contributed by atoms with Gasteiger partial charge < -0.3 is 19.9 Å². The molecule has 0 fully saturated rings. The lowest BCUT2D eigenvalue weighted by molar-refractivity contribution is -0.139. The topological polar surface area (TPSA) is 85.2 Å². The van der Waals surface area contributed by atoms with Crippen molar-refractivity contribution in [2.75, 3.05) is 19.0 Å². The molecule has 47 heavy (non-hydrogen) atoms. The number of amides is 2. The van der Waals surface area contributed by atoms with Crippen molar-refractivity contribution in [3.8, 4) is 22.4 Å². The molecule has 0 radical (unpaired) electrons. The third kappa shape index (κ3) is 8.81. The van der Waals surface area contributed by atoms with Gasteiger partial charge in [-0.3, -0.25) is 4.79 Å². The minimum Gasteiger partial charge on any atom is -0.468 e. The Labute approximate surface area is 278 Å². The number of imidazole rings is 1. The second-order valence-electron chi connectivity index (χ2n) is 10.4. The predicted molar refractivity (Wildman–Crippen MR) is 178 cm³/mol. The van der Waals surface area contributed by atoms with Crippen molar-refractivity contribution < 1.29 is 27.5 Å². The van der Waals surface area contributed by atoms with Crippen LogP contribution in [0.1, 0.15) is 22.5 Å². The van der Waals surface area contributed by atoms with E-state index in [1.807, 2.05) is 47.2 Å². The first-order valence-corrected chi connectivity index (χ1v) is 14.9. The molecule has 7 nitrogen and oxygen atoms in total. The van der Waals surface area contributed by atoms with Crippen molar-refractivity contribution in [1.29, 1.82) is 0 Å². The van der Waals surface area contributed by atoms with E-state index < -0.39 is 23.7 Å². The van der Waals surface area contributed by atoms with E-state index in [1.165, 1.54) is 13.2 Å². The van der Waals surface area contributed by atoms with E-state index >= 15 is 0 Å². The van der Waals surface area contributed by atoms with E-state index in [0.29, 0.717) is 50.5 Å². The minimum absolute atomic E-state index is 0.253. The van der Waals surface area contributed by atoms with Gasteiger partial charge in [-0.25, -0.2) is 9.78 Å². The number of aromatic nitrogens is 2. The summed E-state index contributed by atoms with van der Waals surface area (Å²) in [6, 6.07) is 24.2. The number of benzene rings is 4. The largest absolute Gasteiger partial charge is 0.468 e. The standard InChI is InChI=1S/C35H27Cl2F3N4O3/c1-47-33(45)19-41-34(46)42-28-13-7-23(8-14-28)20-44-21-31(29-15-12-27(36)18-30(29)37)43-32(44)16-9-22-5-10-24(11-6-22)25-3-2-4-26(17-25)35(38,39)40/h2-18,21H,19-20H2,1H3,(H2,41,42,46)/b16-9+. The van der Waals surface area contributed by atoms with E-state index in [9.17, 15) is 22.8 Å². The lowest BCUT2D eigenvalue weighted by atomic mass is 10.0. The molecule has 0 saturated heterocycles. The number of halogens is 5. The molecule has 2 amide bonds. The van der Waals surface area contributed by atoms with Crippen LogP contribution in [0.5, 0.6) is 0 Å². The number of ether oxygens (including phenoxy) is 1. The number of alkyl halides is 3. The van der Waals surface area contributed by atoms with Crippen LogP contribution < -0.4 is 10.6 Å². The Morgan fingerprint density at radius 3 is 2.34 bits per heavy atom. The summed E-state index contributed by atoms with van der Waals surface area (Å²) in [5.74, 6) is 0.0597. The number of hydrogen-bond donors (Lipinski definition) is 2. The van der Waals surface area contributed by atoms with Crippen LogP contribution >= 0.6 is 23.2 Å². The Balaban J connectivity index is 1.37. The van der Waals surface area contributed by atoms with Gasteiger partial charge in [0.1, 0.15) is 12.4 Å². The highest BCUT2D eigenvalue weighted by molar-refractivity contribution is 6.36. The van der Waals surface area contributed by atoms with Crippen molar-refractivity contribution in [1.82, 2.24) is 14.9 Å². The number of urea groups is 1. The number of rotatable bonds is 9. The van der Waals surface area contributed by atoms with Gasteiger partial charge >= 0.3 is 18.2 Å². The Bertz CT molecular complexity index is 1920. The Kier molecular flexibility index (Phi) is 10.3. The number of hydrogen-bond acceptors (Lipinski definition) is 4. The van der Waals surface area contributed by atoms with Crippen molar-refractivity contribution in [3.63, 3.8) is 0 Å². The number of anilines is 1. The molecule has 0 aliphatic carbocycles. The predicted octanol–water partition coefficient (Wildman–Crippen LogP) is 9.06. The fourth-order valence-corrected chi connectivity index (χ4v) is 5.14. The highest BCUT2D eigenvalue weighted by atomic mass is 35.5. The van der Waals surface area contributed by atoms with Gasteiger partial charge in [-0.1, -0.05) is 77.8 Å². The maximum absolute atomic E-state index is 13.2. The van der Waals surface area contributed by atoms with Crippen LogP contribution in [-0.4, -0.2) is 35.2 Å². The van der Waals surface area contributed by atoms with Crippen LogP contribution in [0.15, 0.2) is 97.2 Å². The summed E-state index contributed by atoms with van der Waals surface area (Å²) in [6.07, 6.45) is 1.16. The third-order valence-corrected chi connectivity index (χ3v) is 7.61. The van der Waals surface area contributed by atoms with Crippen LogP contribution in [-0.2, 0) is 22.3 Å². The molecule has 0 atom stereocenters. The number of carbonyl (C=O) groups excluding carboxylic acids is 2. The maximum Gasteiger partial charge on any atom is 0.416 e. The summed E-state index contributed by atoms with van der Waals surface area (Å²) in [4.78, 5) is 28.1. The van der Waals surface area contributed by atoms with E-state index in [-0.39, 0.29) is 6.54 Å². The Morgan fingerprint density at radius 2 is 1.66 bits per heavy atom. The molecular formula is C35H27Cl2F3N4O3. The van der Waals surface area contributed by atoms with Gasteiger partial charge in [0.25, 0.3) is 0 Å². The van der Waals surface area contributed by atoms with Crippen molar-refractivity contribution in [3.05, 3.63) is 130 Å². The number of nitrogens with one attached hydrogen (secondary N) is 2. The smallest absolute Gasteiger partial charge is 0.416 e. The molecule has 1 aromatic heterocycles. The Hall–Kier alpha value is -5.06. The maximum atomic E-state index is 13.2. The zero-order valence-corrected chi connectivity index (χ0v) is 26.3. The normalized spacial score (nSPS) is 11.4. The fourth-order valence-electron chi connectivity index (χ4n) is 4.64. The number of esters is 1.